The predicted octanol–water partition coefficient (Wildman–Crippen LogP) is 5.18. The van der Waals surface area contributed by atoms with Crippen molar-refractivity contribution in [3.8, 4) is 22.6 Å². The molecule has 5 nitrogen and oxygen atoms in total. The number of hydrogen-bond donors (Lipinski definition) is 2. The number of aromatic nitrogens is 3. The molecule has 4 rings (SSSR count). The van der Waals surface area contributed by atoms with Crippen molar-refractivity contribution in [2.24, 2.45) is 0 Å². The molecule has 138 valence electrons. The van der Waals surface area contributed by atoms with Crippen LogP contribution in [0.2, 0.25) is 5.02 Å². The average Bonchev–Trinajstić information content (AvgIpc) is 3.20. The van der Waals surface area contributed by atoms with Gasteiger partial charge in [0.2, 0.25) is 0 Å². The van der Waals surface area contributed by atoms with E-state index in [9.17, 15) is 9.18 Å². The van der Waals surface area contributed by atoms with Gasteiger partial charge in [-0.1, -0.05) is 41.9 Å². The molecule has 4 aromatic rings. The fourth-order valence-corrected chi connectivity index (χ4v) is 2.97. The first-order valence-corrected chi connectivity index (χ1v) is 8.81. The summed E-state index contributed by atoms with van der Waals surface area (Å²) in [6.07, 6.45) is 4.08. The van der Waals surface area contributed by atoms with Gasteiger partial charge in [-0.25, -0.2) is 9.37 Å². The van der Waals surface area contributed by atoms with E-state index in [0.29, 0.717) is 22.1 Å². The SMILES string of the molecule is O=C(Nc1ccc(Cl)c(-c2ncc(-c3ccccc3)[nH]2)c1)c1ccncc1F. The first-order valence-electron chi connectivity index (χ1n) is 8.43. The quantitative estimate of drug-likeness (QED) is 0.502. The zero-order chi connectivity index (χ0) is 19.5. The number of nitrogens with zero attached hydrogens (tertiary/aromatic N) is 2. The largest absolute Gasteiger partial charge is 0.338 e. The molecule has 0 aliphatic carbocycles. The molecule has 2 heterocycles. The maximum Gasteiger partial charge on any atom is 0.258 e. The van der Waals surface area contributed by atoms with Crippen LogP contribution in [0.15, 0.2) is 73.2 Å². The highest BCUT2D eigenvalue weighted by atomic mass is 35.5. The van der Waals surface area contributed by atoms with Crippen molar-refractivity contribution in [1.29, 1.82) is 0 Å². The van der Waals surface area contributed by atoms with Gasteiger partial charge in [0.15, 0.2) is 5.82 Å². The normalized spacial score (nSPS) is 10.6. The molecule has 0 unspecified atom stereocenters. The monoisotopic (exact) mass is 392 g/mol. The summed E-state index contributed by atoms with van der Waals surface area (Å²) in [5, 5.41) is 3.14. The van der Waals surface area contributed by atoms with Crippen LogP contribution in [0.3, 0.4) is 0 Å². The fourth-order valence-electron chi connectivity index (χ4n) is 2.76. The molecule has 0 saturated heterocycles. The van der Waals surface area contributed by atoms with Gasteiger partial charge in [0.1, 0.15) is 5.82 Å². The number of carbonyl (C=O) groups is 1. The topological polar surface area (TPSA) is 70.7 Å². The van der Waals surface area contributed by atoms with Gasteiger partial charge < -0.3 is 10.3 Å². The Bertz CT molecular complexity index is 1140. The summed E-state index contributed by atoms with van der Waals surface area (Å²) in [7, 11) is 0. The molecule has 0 fully saturated rings. The summed E-state index contributed by atoms with van der Waals surface area (Å²) in [5.74, 6) is -0.694. The van der Waals surface area contributed by atoms with E-state index < -0.39 is 11.7 Å². The molecule has 2 aromatic heterocycles. The first kappa shape index (κ1) is 17.9. The van der Waals surface area contributed by atoms with Crippen LogP contribution < -0.4 is 5.32 Å². The van der Waals surface area contributed by atoms with Crippen LogP contribution in [0.5, 0.6) is 0 Å². The summed E-state index contributed by atoms with van der Waals surface area (Å²) >= 11 is 6.32. The van der Waals surface area contributed by atoms with Crippen LogP contribution in [0.25, 0.3) is 22.6 Å². The van der Waals surface area contributed by atoms with Gasteiger partial charge in [0.05, 0.1) is 28.7 Å². The second-order valence-corrected chi connectivity index (χ2v) is 6.42. The molecule has 28 heavy (non-hydrogen) atoms. The van der Waals surface area contributed by atoms with Crippen LogP contribution in [0.4, 0.5) is 10.1 Å². The molecular formula is C21H14ClFN4O. The van der Waals surface area contributed by atoms with E-state index in [1.54, 1.807) is 24.4 Å². The fraction of sp³-hybridized carbons (Fsp3) is 0. The minimum atomic E-state index is -0.687. The van der Waals surface area contributed by atoms with E-state index in [1.807, 2.05) is 30.3 Å². The smallest absolute Gasteiger partial charge is 0.258 e. The summed E-state index contributed by atoms with van der Waals surface area (Å²) in [6, 6.07) is 16.1. The van der Waals surface area contributed by atoms with Crippen LogP contribution in [0.1, 0.15) is 10.4 Å². The number of nitrogens with one attached hydrogen (secondary N) is 2. The highest BCUT2D eigenvalue weighted by Gasteiger charge is 2.14. The summed E-state index contributed by atoms with van der Waals surface area (Å²) < 4.78 is 13.8. The van der Waals surface area contributed by atoms with Crippen LogP contribution in [0, 0.1) is 5.82 Å². The highest BCUT2D eigenvalue weighted by Crippen LogP contribution is 2.30. The molecule has 0 radical (unpaired) electrons. The van der Waals surface area contributed by atoms with Gasteiger partial charge >= 0.3 is 0 Å². The third-order valence-corrected chi connectivity index (χ3v) is 4.49. The lowest BCUT2D eigenvalue weighted by Gasteiger charge is -2.08. The number of amides is 1. The molecule has 0 saturated carbocycles. The number of benzene rings is 2. The van der Waals surface area contributed by atoms with Crippen LogP contribution >= 0.6 is 11.6 Å². The highest BCUT2D eigenvalue weighted by molar-refractivity contribution is 6.33. The Hall–Kier alpha value is -3.51. The van der Waals surface area contributed by atoms with Gasteiger partial charge in [-0.2, -0.15) is 0 Å². The summed E-state index contributed by atoms with van der Waals surface area (Å²) in [5.41, 5.74) is 2.85. The van der Waals surface area contributed by atoms with Crippen LogP contribution in [-0.4, -0.2) is 20.9 Å². The van der Waals surface area contributed by atoms with Gasteiger partial charge in [-0.15, -0.1) is 0 Å². The molecular weight excluding hydrogens is 379 g/mol. The Morgan fingerprint density at radius 3 is 2.68 bits per heavy atom. The van der Waals surface area contributed by atoms with E-state index in [1.165, 1.54) is 12.3 Å². The second-order valence-electron chi connectivity index (χ2n) is 6.02. The van der Waals surface area contributed by atoms with Crippen molar-refractivity contribution in [2.75, 3.05) is 5.32 Å². The van der Waals surface area contributed by atoms with E-state index in [0.717, 1.165) is 17.5 Å². The van der Waals surface area contributed by atoms with Crippen molar-refractivity contribution < 1.29 is 9.18 Å². The molecule has 0 atom stereocenters. The Labute approximate surface area is 165 Å². The molecule has 2 aromatic carbocycles. The number of carbonyl (C=O) groups excluding carboxylic acids is 1. The first-order chi connectivity index (χ1) is 13.6. The van der Waals surface area contributed by atoms with Gasteiger partial charge in [-0.3, -0.25) is 9.78 Å². The lowest BCUT2D eigenvalue weighted by Crippen LogP contribution is -2.14. The number of aromatic amines is 1. The number of imidazole rings is 1. The lowest BCUT2D eigenvalue weighted by atomic mass is 10.1. The standard InChI is InChI=1S/C21H14ClFN4O/c22-17-7-6-14(26-21(28)15-8-9-24-11-18(15)23)10-16(17)20-25-12-19(27-20)13-4-2-1-3-5-13/h1-12H,(H,25,27)(H,26,28). The number of H-pyrrole nitrogens is 1. The third kappa shape index (κ3) is 3.63. The number of hydrogen-bond acceptors (Lipinski definition) is 3. The maximum atomic E-state index is 13.8. The number of rotatable bonds is 4. The summed E-state index contributed by atoms with van der Waals surface area (Å²) in [6.45, 7) is 0. The third-order valence-electron chi connectivity index (χ3n) is 4.16. The molecule has 0 aliphatic heterocycles. The molecule has 2 N–H and O–H groups in total. The van der Waals surface area contributed by atoms with Crippen molar-refractivity contribution in [3.63, 3.8) is 0 Å². The zero-order valence-electron chi connectivity index (χ0n) is 14.5. The second kappa shape index (κ2) is 7.62. The average molecular weight is 393 g/mol. The van der Waals surface area contributed by atoms with Gasteiger partial charge in [-0.05, 0) is 29.8 Å². The molecule has 7 heteroatoms. The van der Waals surface area contributed by atoms with E-state index in [-0.39, 0.29) is 5.56 Å². The van der Waals surface area contributed by atoms with Crippen molar-refractivity contribution in [3.05, 3.63) is 89.6 Å². The molecule has 0 bridgehead atoms. The van der Waals surface area contributed by atoms with E-state index in [2.05, 4.69) is 20.3 Å². The lowest BCUT2D eigenvalue weighted by molar-refractivity contribution is 0.102. The molecule has 1 amide bonds. The molecule has 0 spiro atoms. The van der Waals surface area contributed by atoms with Gasteiger partial charge in [0.25, 0.3) is 5.91 Å². The molecule has 0 aliphatic rings. The van der Waals surface area contributed by atoms with Gasteiger partial charge in [0, 0.05) is 17.4 Å². The maximum absolute atomic E-state index is 13.8. The van der Waals surface area contributed by atoms with Crippen molar-refractivity contribution in [1.82, 2.24) is 15.0 Å². The van der Waals surface area contributed by atoms with Crippen molar-refractivity contribution in [2.45, 2.75) is 0 Å². The Morgan fingerprint density at radius 1 is 1.07 bits per heavy atom. The Morgan fingerprint density at radius 2 is 1.89 bits per heavy atom. The Balaban J connectivity index is 1.62. The number of anilines is 1. The number of pyridine rings is 1. The van der Waals surface area contributed by atoms with E-state index >= 15 is 0 Å². The van der Waals surface area contributed by atoms with Crippen LogP contribution in [-0.2, 0) is 0 Å². The minimum absolute atomic E-state index is 0.0872. The number of halogens is 2. The zero-order valence-corrected chi connectivity index (χ0v) is 15.2. The van der Waals surface area contributed by atoms with E-state index in [4.69, 9.17) is 11.6 Å². The predicted molar refractivity (Wildman–Crippen MR) is 107 cm³/mol. The van der Waals surface area contributed by atoms with Crippen molar-refractivity contribution >= 4 is 23.2 Å². The summed E-state index contributed by atoms with van der Waals surface area (Å²) in [4.78, 5) is 23.6. The Kier molecular flexibility index (Phi) is 4.87. The minimum Gasteiger partial charge on any atom is -0.338 e.